The minimum absolute atomic E-state index is 0. The fourth-order valence-corrected chi connectivity index (χ4v) is 19.3. The molecule has 0 spiro atoms. The molecular weight excluding hydrogens is 1800 g/mol. The van der Waals surface area contributed by atoms with Crippen LogP contribution in [-0.2, 0) is 4.74 Å². The van der Waals surface area contributed by atoms with Gasteiger partial charge in [0.2, 0.25) is 0 Å². The van der Waals surface area contributed by atoms with Gasteiger partial charge in [-0.05, 0) is 293 Å². The Hall–Kier alpha value is -12.4. The molecule has 9 heterocycles. The predicted octanol–water partition coefficient (Wildman–Crippen LogP) is 20.3. The van der Waals surface area contributed by atoms with Crippen molar-refractivity contribution >= 4 is 40.0 Å². The number of piperazine rings is 6. The fraction of sp³-hybridized carbons (Fsp3) is 0.426. The zero-order valence-electron chi connectivity index (χ0n) is 86.0. The summed E-state index contributed by atoms with van der Waals surface area (Å²) < 4.78 is 47.8. The van der Waals surface area contributed by atoms with Gasteiger partial charge in [-0.1, -0.05) is 122 Å². The van der Waals surface area contributed by atoms with Crippen LogP contribution in [0.5, 0.6) is 34.5 Å². The van der Waals surface area contributed by atoms with Crippen LogP contribution in [0.4, 0.5) is 0 Å². The SMILES string of the molecule is C#CC#CC#C[N+]12CC[N+](CCOc3cc(C)c(OCC[N+]45CC[N+](CCCCCC)(CC4)CC5)cc3C#Cc3ccc(C#CC)cc3)(CC1)CC2.CC#Cc1ccc(C#Cc2cc(OCCCCN(C)C)c(C)cc2OCCCN(C)CC)s1.CCOC(=O)c1ccc(C#Cc2ccc(C#Cc3cc(OCCCN(C)C)c(C#Cc4ccc(C#CC5C=C=C(C)C=C5)s4)cc3OCCCN(C)C)s2)cc1.[HH].[HH].[HH].[HH].[HH].[HH]. The topological polar surface area (TPSA) is 94.6 Å². The first-order valence-electron chi connectivity index (χ1n) is 49.9. The van der Waals surface area contributed by atoms with Crippen LogP contribution in [0, 0.1) is 151 Å². The van der Waals surface area contributed by atoms with Gasteiger partial charge in [-0.15, -0.1) is 58.0 Å². The maximum atomic E-state index is 12.0. The Labute approximate surface area is 865 Å². The van der Waals surface area contributed by atoms with Crippen LogP contribution in [0.15, 0.2) is 151 Å². The van der Waals surface area contributed by atoms with E-state index >= 15 is 0 Å². The number of quaternary nitrogens is 4. The Morgan fingerprint density at radius 3 is 1.27 bits per heavy atom. The number of unbranched alkanes of at least 4 members (excludes halogenated alkanes) is 4. The average Bonchev–Trinajstić information content (AvgIpc) is 1.11. The third-order valence-electron chi connectivity index (χ3n) is 25.8. The number of carbonyl (C=O) groups is 1. The van der Waals surface area contributed by atoms with Crippen molar-refractivity contribution in [3.8, 4) is 165 Å². The second-order valence-corrected chi connectivity index (χ2v) is 40.7. The first-order valence-corrected chi connectivity index (χ1v) is 52.4. The number of fused-ring (bicyclic) bond motifs is 6. The van der Waals surface area contributed by atoms with Crippen molar-refractivity contribution < 1.29 is 64.4 Å². The molecule has 7 aliphatic rings. The van der Waals surface area contributed by atoms with Gasteiger partial charge in [0.1, 0.15) is 139 Å². The minimum atomic E-state index is -0.339. The number of allylic oxidation sites excluding steroid dienone is 3. The Kier molecular flexibility index (Phi) is 43.9. The van der Waals surface area contributed by atoms with Crippen LogP contribution >= 0.6 is 34.0 Å². The highest BCUT2D eigenvalue weighted by atomic mass is 32.1. The molecule has 0 amide bonds. The Morgan fingerprint density at radius 1 is 0.411 bits per heavy atom. The molecule has 0 N–H and O–H groups in total. The van der Waals surface area contributed by atoms with Gasteiger partial charge in [0, 0.05) is 62.9 Å². The summed E-state index contributed by atoms with van der Waals surface area (Å²) in [6, 6.07) is 42.9. The lowest BCUT2D eigenvalue weighted by molar-refractivity contribution is -1.08. The number of benzene rings is 5. The van der Waals surface area contributed by atoms with Crippen LogP contribution in [0.3, 0.4) is 0 Å². The third-order valence-corrected chi connectivity index (χ3v) is 28.6. The molecule has 1 aliphatic carbocycles. The van der Waals surface area contributed by atoms with Crippen molar-refractivity contribution in [3.63, 3.8) is 0 Å². The molecule has 0 radical (unpaired) electrons. The summed E-state index contributed by atoms with van der Waals surface area (Å²) in [5.41, 5.74) is 13.0. The Balaban J connectivity index is 0.000000392. The normalized spacial score (nSPS) is 17.3. The number of thiophene rings is 3. The van der Waals surface area contributed by atoms with Gasteiger partial charge in [0.15, 0.2) is 6.04 Å². The smallest absolute Gasteiger partial charge is 0.338 e. The summed E-state index contributed by atoms with van der Waals surface area (Å²) in [6.45, 7) is 43.1. The van der Waals surface area contributed by atoms with E-state index in [0.717, 1.165) is 241 Å². The number of esters is 1. The summed E-state index contributed by atoms with van der Waals surface area (Å²) in [4.78, 5) is 26.4. The minimum Gasteiger partial charge on any atom is -0.493 e. The standard InChI is InChI=1S/C48H46N2O4S2.C46H58N4O2.C28H38N2O2S.6H2/c1-7-52-48(51)39-18-14-38(15-19-39)17-23-43-27-29-45(56-43)25-21-41-35-46(53-32-8-30-49(3)4)40(34-47(41)54-33-9-31-50(5)6)20-24-44-28-26-42(55-44)22-16-37-12-10-36(2)11-13-37;1-5-8-10-12-21-47-23-29-49(30-24-47,31-25-47)35-37-51-45-40-44(20-19-43-17-15-42(14-7-3)16-18-43)46(39-41(45)4)52-38-36-50-32-26-48(27-33-50,28-34-50)22-13-11-9-6-2;1-7-12-25-15-16-26(33-25)14-13-24-22-27(31-19-10-9-17-29(4)5)23(3)21-28(24)32-20-11-18-30(6)8-2;;;;;;/h10,12-15,18-19,26-29,34-35,37H,7-9,30-33H2,1-6H3;2,15-18,39-40H,5,8,10,12,21,23-38H2,1,3-4H3;15-16,21-22H,8-11,17-20H2,1-6H3;6*1H/q;+4;;;;;;;. The second-order valence-electron chi connectivity index (χ2n) is 37.5. The van der Waals surface area contributed by atoms with Crippen molar-refractivity contribution in [1.29, 1.82) is 0 Å². The van der Waals surface area contributed by atoms with E-state index in [2.05, 4.69) is 257 Å². The quantitative estimate of drug-likeness (QED) is 0.0122. The molecule has 1 unspecified atom stereocenters. The zero-order chi connectivity index (χ0) is 100. The van der Waals surface area contributed by atoms with Crippen molar-refractivity contribution in [1.82, 2.24) is 19.6 Å². The van der Waals surface area contributed by atoms with Crippen LogP contribution in [0.25, 0.3) is 0 Å². The molecule has 5 aromatic carbocycles. The van der Waals surface area contributed by atoms with Gasteiger partial charge in [-0.3, -0.25) is 0 Å². The van der Waals surface area contributed by atoms with Crippen LogP contribution in [-0.4, -0.2) is 270 Å². The lowest BCUT2D eigenvalue weighted by atomic mass is 10.0. The molecule has 6 saturated heterocycles. The summed E-state index contributed by atoms with van der Waals surface area (Å²) >= 11 is 4.70. The maximum absolute atomic E-state index is 12.0. The molecule has 3 aromatic heterocycles. The molecule has 4 bridgehead atoms. The number of carbonyl (C=O) groups excluding carboxylic acids is 1. The van der Waals surface area contributed by atoms with Crippen molar-refractivity contribution in [2.45, 2.75) is 113 Å². The number of hydrogen-bond acceptors (Lipinski definition) is 15. The molecule has 15 rings (SSSR count). The Bertz CT molecular complexity index is 6380. The highest BCUT2D eigenvalue weighted by molar-refractivity contribution is 7.13. The predicted molar refractivity (Wildman–Crippen MR) is 593 cm³/mol. The first-order chi connectivity index (χ1) is 68.4. The number of hydrogen-bond donors (Lipinski definition) is 0. The molecule has 1 atom stereocenters. The number of ether oxygens (including phenoxy) is 7. The molecular formula is C122H154N8O8S3+4. The fourth-order valence-electron chi connectivity index (χ4n) is 17.1. The van der Waals surface area contributed by atoms with Crippen molar-refractivity contribution in [2.75, 3.05) is 226 Å². The van der Waals surface area contributed by atoms with E-state index in [-0.39, 0.29) is 20.4 Å². The summed E-state index contributed by atoms with van der Waals surface area (Å²) in [5, 5.41) is 0. The lowest BCUT2D eigenvalue weighted by Gasteiger charge is -2.55. The van der Waals surface area contributed by atoms with Gasteiger partial charge >= 0.3 is 5.97 Å². The number of rotatable bonds is 37. The third kappa shape index (κ3) is 35.9. The zero-order valence-corrected chi connectivity index (χ0v) is 88.4. The van der Waals surface area contributed by atoms with Gasteiger partial charge < -0.3 is 66.2 Å². The van der Waals surface area contributed by atoms with Gasteiger partial charge in [0.25, 0.3) is 0 Å². The molecule has 141 heavy (non-hydrogen) atoms. The van der Waals surface area contributed by atoms with E-state index < -0.39 is 0 Å². The summed E-state index contributed by atoms with van der Waals surface area (Å²) in [6.07, 6.45) is 21.7. The van der Waals surface area contributed by atoms with E-state index in [1.54, 1.807) is 41.7 Å². The van der Waals surface area contributed by atoms with E-state index in [0.29, 0.717) is 56.7 Å². The Morgan fingerprint density at radius 2 is 0.809 bits per heavy atom. The number of nitrogens with zero attached hydrogens (tertiary/aromatic N) is 8. The van der Waals surface area contributed by atoms with Gasteiger partial charge in [-0.2, -0.15) is 0 Å². The van der Waals surface area contributed by atoms with Gasteiger partial charge in [-0.25, -0.2) is 9.28 Å². The summed E-state index contributed by atoms with van der Waals surface area (Å²) in [5.74, 6) is 67.2. The van der Waals surface area contributed by atoms with Gasteiger partial charge in [0.05, 0.1) is 108 Å². The maximum Gasteiger partial charge on any atom is 0.338 e. The largest absolute Gasteiger partial charge is 0.493 e. The average molecular weight is 1960 g/mol. The van der Waals surface area contributed by atoms with E-state index in [9.17, 15) is 4.79 Å². The van der Waals surface area contributed by atoms with E-state index in [1.807, 2.05) is 118 Å². The molecule has 16 nitrogen and oxygen atoms in total. The molecule has 0 saturated carbocycles. The van der Waals surface area contributed by atoms with Crippen molar-refractivity contribution in [2.24, 2.45) is 5.92 Å². The molecule has 6 aliphatic heterocycles. The first kappa shape index (κ1) is 109. The van der Waals surface area contributed by atoms with Crippen LogP contribution in [0.1, 0.15) is 198 Å². The number of aryl methyl sites for hydroxylation is 2. The highest BCUT2D eigenvalue weighted by Gasteiger charge is 2.50. The highest BCUT2D eigenvalue weighted by Crippen LogP contribution is 2.36. The van der Waals surface area contributed by atoms with Crippen LogP contribution in [0.2, 0.25) is 0 Å². The molecule has 8 aromatic rings. The van der Waals surface area contributed by atoms with Crippen molar-refractivity contribution in [3.05, 3.63) is 236 Å². The molecule has 19 heteroatoms. The second kappa shape index (κ2) is 56.9. The lowest BCUT2D eigenvalue weighted by Crippen LogP contribution is -2.75. The van der Waals surface area contributed by atoms with E-state index in [1.165, 1.54) is 91.8 Å². The number of terminal acetylenes is 1. The van der Waals surface area contributed by atoms with Crippen LogP contribution < -0.4 is 28.4 Å². The molecule has 6 fully saturated rings. The summed E-state index contributed by atoms with van der Waals surface area (Å²) in [7, 11) is 14.5. The monoisotopic (exact) mass is 1960 g/mol. The van der Waals surface area contributed by atoms with E-state index in [4.69, 9.17) is 39.6 Å². The molecule has 744 valence electrons.